The second-order valence-corrected chi connectivity index (χ2v) is 4.06. The van der Waals surface area contributed by atoms with Crippen LogP contribution in [0.4, 0.5) is 4.39 Å². The van der Waals surface area contributed by atoms with E-state index >= 15 is 0 Å². The summed E-state index contributed by atoms with van der Waals surface area (Å²) in [4.78, 5) is 0.0545. The van der Waals surface area contributed by atoms with Gasteiger partial charge in [0.1, 0.15) is 10.7 Å². The Morgan fingerprint density at radius 2 is 1.75 bits per heavy atom. The lowest BCUT2D eigenvalue weighted by Crippen LogP contribution is -2.80. The van der Waals surface area contributed by atoms with Crippen molar-refractivity contribution in [2.75, 3.05) is 0 Å². The maximum Gasteiger partial charge on any atom is 0.299 e. The second-order valence-electron chi connectivity index (χ2n) is 2.17. The molecule has 1 aromatic rings. The summed E-state index contributed by atoms with van der Waals surface area (Å²) < 4.78 is 35.3. The van der Waals surface area contributed by atoms with Crippen LogP contribution in [0.15, 0.2) is 29.2 Å². The smallest absolute Gasteiger partial charge is 0.299 e. The van der Waals surface area contributed by atoms with Crippen LogP contribution < -0.4 is 4.72 Å². The van der Waals surface area contributed by atoms with Crippen LogP contribution in [0.3, 0.4) is 0 Å². The van der Waals surface area contributed by atoms with Gasteiger partial charge in [-0.3, -0.25) is 0 Å². The van der Waals surface area contributed by atoms with E-state index in [0.717, 1.165) is 16.9 Å². The Bertz CT molecular complexity index is 357. The zero-order valence-corrected chi connectivity index (χ0v) is 7.01. The maximum absolute atomic E-state index is 12.4. The van der Waals surface area contributed by atoms with Crippen LogP contribution in [0.5, 0.6) is 0 Å². The molecule has 0 atom stereocenters. The molecule has 1 rings (SSSR count). The summed E-state index contributed by atoms with van der Waals surface area (Å²) in [6, 6.07) is 4.59. The molecule has 0 aliphatic rings. The SMILES string of the molecule is [CH2-][NH2+]S(=O)(=O)c1ccc(F)cc1. The first kappa shape index (κ1) is 9.15. The monoisotopic (exact) mass is 189 g/mol. The fourth-order valence-corrected chi connectivity index (χ4v) is 1.43. The number of rotatable bonds is 2. The van der Waals surface area contributed by atoms with Gasteiger partial charge in [0.25, 0.3) is 10.0 Å². The number of quaternary nitrogens is 1. The van der Waals surface area contributed by atoms with Gasteiger partial charge in [-0.15, -0.1) is 7.05 Å². The van der Waals surface area contributed by atoms with Gasteiger partial charge >= 0.3 is 0 Å². The van der Waals surface area contributed by atoms with Gasteiger partial charge in [0.05, 0.1) is 0 Å². The minimum absolute atomic E-state index is 0.0545. The topological polar surface area (TPSA) is 50.8 Å². The fourth-order valence-electron chi connectivity index (χ4n) is 0.721. The molecule has 5 heteroatoms. The Hall–Kier alpha value is -0.940. The number of benzene rings is 1. The van der Waals surface area contributed by atoms with Crippen LogP contribution in [0.2, 0.25) is 0 Å². The maximum atomic E-state index is 12.4. The third kappa shape index (κ3) is 1.80. The number of primary sulfonamides is 1. The summed E-state index contributed by atoms with van der Waals surface area (Å²) >= 11 is 0. The molecule has 0 amide bonds. The minimum atomic E-state index is -3.42. The normalized spacial score (nSPS) is 11.5. The predicted molar refractivity (Wildman–Crippen MR) is 40.9 cm³/mol. The predicted octanol–water partition coefficient (Wildman–Crippen LogP) is -0.131. The van der Waals surface area contributed by atoms with Gasteiger partial charge in [0, 0.05) is 0 Å². The van der Waals surface area contributed by atoms with Gasteiger partial charge in [0.2, 0.25) is 0 Å². The van der Waals surface area contributed by atoms with Crippen LogP contribution in [0.1, 0.15) is 0 Å². The molecule has 0 saturated heterocycles. The fraction of sp³-hybridized carbons (Fsp3) is 0. The van der Waals surface area contributed by atoms with Crippen LogP contribution in [0, 0.1) is 12.9 Å². The van der Waals surface area contributed by atoms with E-state index in [4.69, 9.17) is 0 Å². The first-order chi connectivity index (χ1) is 5.56. The largest absolute Gasteiger partial charge is 0.367 e. The zero-order valence-electron chi connectivity index (χ0n) is 6.20. The van der Waals surface area contributed by atoms with E-state index < -0.39 is 15.8 Å². The van der Waals surface area contributed by atoms with Crippen molar-refractivity contribution in [1.82, 2.24) is 0 Å². The highest BCUT2D eigenvalue weighted by Crippen LogP contribution is 2.05. The summed E-state index contributed by atoms with van der Waals surface area (Å²) in [6.07, 6.45) is 0. The highest BCUT2D eigenvalue weighted by atomic mass is 32.2. The molecule has 0 radical (unpaired) electrons. The molecule has 0 aliphatic heterocycles. The van der Waals surface area contributed by atoms with Gasteiger partial charge in [-0.1, -0.05) is 0 Å². The van der Waals surface area contributed by atoms with E-state index in [0.29, 0.717) is 0 Å². The van der Waals surface area contributed by atoms with Gasteiger partial charge in [-0.2, -0.15) is 8.42 Å². The molecule has 0 heterocycles. The molecule has 0 saturated carbocycles. The average Bonchev–Trinajstić information content (AvgIpc) is 2.05. The Kier molecular flexibility index (Phi) is 2.44. The standard InChI is InChI=1S/C7H8FNO2S/c1-9-12(10,11)7-4-2-6(8)3-5-7/h2-5H,1,9H2. The lowest BCUT2D eigenvalue weighted by Gasteiger charge is -2.01. The Labute approximate surface area is 70.3 Å². The minimum Gasteiger partial charge on any atom is -0.367 e. The Morgan fingerprint density at radius 1 is 1.25 bits per heavy atom. The molecule has 3 nitrogen and oxygen atoms in total. The van der Waals surface area contributed by atoms with Crippen LogP contribution in [-0.4, -0.2) is 8.42 Å². The molecule has 0 aromatic heterocycles. The van der Waals surface area contributed by atoms with E-state index in [1.165, 1.54) is 12.1 Å². The van der Waals surface area contributed by atoms with Gasteiger partial charge in [0.15, 0.2) is 0 Å². The van der Waals surface area contributed by atoms with E-state index in [1.54, 1.807) is 0 Å². The molecule has 0 aliphatic carbocycles. The van der Waals surface area contributed by atoms with Gasteiger partial charge in [-0.05, 0) is 24.3 Å². The number of sulfonamides is 1. The quantitative estimate of drug-likeness (QED) is 0.659. The Balaban J connectivity index is 3.14. The van der Waals surface area contributed by atoms with Crippen molar-refractivity contribution in [3.63, 3.8) is 0 Å². The number of hydrogen-bond acceptors (Lipinski definition) is 2. The molecule has 12 heavy (non-hydrogen) atoms. The highest BCUT2D eigenvalue weighted by Gasteiger charge is 2.11. The third-order valence-electron chi connectivity index (χ3n) is 1.36. The summed E-state index contributed by atoms with van der Waals surface area (Å²) in [5.74, 6) is -0.460. The summed E-state index contributed by atoms with van der Waals surface area (Å²) in [5, 5.41) is 0. The van der Waals surface area contributed by atoms with E-state index in [-0.39, 0.29) is 4.90 Å². The average molecular weight is 189 g/mol. The third-order valence-corrected chi connectivity index (χ3v) is 2.73. The number of hydrogen-bond donors (Lipinski definition) is 1. The van der Waals surface area contributed by atoms with Crippen molar-refractivity contribution in [2.45, 2.75) is 4.90 Å². The van der Waals surface area contributed by atoms with Crippen molar-refractivity contribution in [3.05, 3.63) is 37.1 Å². The molecular weight excluding hydrogens is 181 g/mol. The molecule has 66 valence electrons. The van der Waals surface area contributed by atoms with E-state index in [1.807, 2.05) is 0 Å². The van der Waals surface area contributed by atoms with Crippen molar-refractivity contribution in [1.29, 1.82) is 0 Å². The van der Waals surface area contributed by atoms with Crippen molar-refractivity contribution >= 4 is 10.0 Å². The summed E-state index contributed by atoms with van der Waals surface area (Å²) in [6.45, 7) is 0. The first-order valence-electron chi connectivity index (χ1n) is 3.19. The summed E-state index contributed by atoms with van der Waals surface area (Å²) in [5.41, 5.74) is 0. The highest BCUT2D eigenvalue weighted by molar-refractivity contribution is 7.84. The van der Waals surface area contributed by atoms with Crippen molar-refractivity contribution < 1.29 is 17.5 Å². The molecule has 0 bridgehead atoms. The van der Waals surface area contributed by atoms with Crippen molar-refractivity contribution in [3.8, 4) is 0 Å². The molecule has 1 aromatic carbocycles. The van der Waals surface area contributed by atoms with E-state index in [2.05, 4.69) is 7.05 Å². The van der Waals surface area contributed by atoms with Crippen LogP contribution in [0.25, 0.3) is 0 Å². The zero-order chi connectivity index (χ0) is 9.19. The first-order valence-corrected chi connectivity index (χ1v) is 4.74. The molecule has 0 unspecified atom stereocenters. The lowest BCUT2D eigenvalue weighted by atomic mass is 10.4. The summed E-state index contributed by atoms with van der Waals surface area (Å²) in [7, 11) is -0.268. The Morgan fingerprint density at radius 3 is 2.17 bits per heavy atom. The van der Waals surface area contributed by atoms with E-state index in [9.17, 15) is 12.8 Å². The lowest BCUT2D eigenvalue weighted by molar-refractivity contribution is -0.424. The second kappa shape index (κ2) is 3.20. The van der Waals surface area contributed by atoms with Gasteiger partial charge in [-0.25, -0.2) is 4.39 Å². The molecular formula is C7H8FNO2S. The molecule has 0 fully saturated rings. The van der Waals surface area contributed by atoms with Gasteiger partial charge < -0.3 is 4.72 Å². The van der Waals surface area contributed by atoms with Crippen molar-refractivity contribution in [2.24, 2.45) is 0 Å². The number of nitrogens with two attached hydrogens (primary N) is 1. The molecule has 0 spiro atoms. The van der Waals surface area contributed by atoms with Crippen LogP contribution in [-0.2, 0) is 10.0 Å². The molecule has 2 N–H and O–H groups in total. The number of halogens is 1. The van der Waals surface area contributed by atoms with Crippen LogP contribution >= 0.6 is 0 Å².